The van der Waals surface area contributed by atoms with Crippen LogP contribution in [0.25, 0.3) is 0 Å². The number of carbonyl (C=O) groups is 3. The minimum Gasteiger partial charge on any atom is -0.493 e. The largest absolute Gasteiger partial charge is 0.493 e. The third-order valence-electron chi connectivity index (χ3n) is 10.9. The molecule has 2 unspecified atom stereocenters. The molecule has 0 fully saturated rings. The van der Waals surface area contributed by atoms with Gasteiger partial charge < -0.3 is 47.7 Å². The summed E-state index contributed by atoms with van der Waals surface area (Å²) in [7, 11) is 0. The molecule has 76 heavy (non-hydrogen) atoms. The summed E-state index contributed by atoms with van der Waals surface area (Å²) in [4.78, 5) is 38.5. The van der Waals surface area contributed by atoms with E-state index < -0.39 is 84.4 Å². The molecule has 2 atom stereocenters. The highest BCUT2D eigenvalue weighted by Crippen LogP contribution is 2.60. The molecule has 0 radical (unpaired) electrons. The number of esters is 3. The third-order valence-corrected chi connectivity index (χ3v) is 10.9. The number of carbonyl (C=O) groups excluding carboxylic acids is 3. The summed E-state index contributed by atoms with van der Waals surface area (Å²) in [5.41, 5.74) is -0.201. The zero-order valence-corrected chi connectivity index (χ0v) is 42.0. The Balaban J connectivity index is 2.62. The number of rotatable bonds is 45. The number of hydrogen-bond acceptors (Lipinski definition) is 14. The summed E-state index contributed by atoms with van der Waals surface area (Å²) in [6.45, 7) is 4.14. The van der Waals surface area contributed by atoms with Crippen LogP contribution in [0.3, 0.4) is 0 Å². The second-order valence-electron chi connectivity index (χ2n) is 16.9. The number of nitrogens with zero attached hydrogens (tertiary/aromatic N) is 1. The SMILES string of the molecule is CCC(CCC(CCC(=O)OCCCOCCCOCCCOCCCOCCCOCCCO)C(=O)OCCCCOc1ccc(C#N)c(F)c1)C(=O)OCCC(F)(F)C(F)(F)C(F)(F)C(F)(F)C(F)(F)C(F)(F)F. The van der Waals surface area contributed by atoms with Gasteiger partial charge in [0.25, 0.3) is 0 Å². The topological polar surface area (TPSA) is 178 Å². The van der Waals surface area contributed by atoms with Crippen molar-refractivity contribution in [2.45, 2.75) is 133 Å². The first-order chi connectivity index (χ1) is 35.7. The average Bonchev–Trinajstić information content (AvgIpc) is 3.35. The van der Waals surface area contributed by atoms with Gasteiger partial charge in [0.05, 0.1) is 50.2 Å². The smallest absolute Gasteiger partial charge is 0.460 e. The van der Waals surface area contributed by atoms with Crippen molar-refractivity contribution >= 4 is 17.9 Å². The lowest BCUT2D eigenvalue weighted by Gasteiger charge is -2.39. The molecule has 1 aromatic carbocycles. The highest BCUT2D eigenvalue weighted by molar-refractivity contribution is 5.75. The number of unbranched alkanes of at least 4 members (excludes halogenated alkanes) is 1. The van der Waals surface area contributed by atoms with Crippen LogP contribution in [0.15, 0.2) is 18.2 Å². The standard InChI is InChI=1S/C48H67F14NO13/c1-2-35(41(66)76-32-17-43(50,51)44(52,53)45(54,55)46(56,57)47(58,59)48(60,61)62)11-12-36(42(67)75-30-4-3-29-73-38-15-13-37(34-63)39(49)33-38)14-16-40(65)74-31-10-28-72-27-9-26-71-25-8-24-70-23-7-22-69-21-6-20-68-19-5-18-64/h13,15,33,35-36,64H,2-12,14,16-32H2,1H3. The van der Waals surface area contributed by atoms with E-state index in [4.69, 9.17) is 48.3 Å². The molecule has 1 aromatic rings. The van der Waals surface area contributed by atoms with Gasteiger partial charge in [-0.05, 0) is 82.8 Å². The van der Waals surface area contributed by atoms with Crippen molar-refractivity contribution in [2.75, 3.05) is 99.1 Å². The van der Waals surface area contributed by atoms with Crippen molar-refractivity contribution in [2.24, 2.45) is 11.8 Å². The summed E-state index contributed by atoms with van der Waals surface area (Å²) in [6.07, 6.45) is -7.50. The molecular formula is C48H67F14NO13. The van der Waals surface area contributed by atoms with Crippen LogP contribution in [0.1, 0.15) is 102 Å². The fourth-order valence-electron chi connectivity index (χ4n) is 6.43. The number of aliphatic hydroxyl groups is 1. The summed E-state index contributed by atoms with van der Waals surface area (Å²) in [5, 5.41) is 17.6. The summed E-state index contributed by atoms with van der Waals surface area (Å²) in [5.74, 6) is -44.2. The molecule has 0 spiro atoms. The maximum absolute atomic E-state index is 14.3. The van der Waals surface area contributed by atoms with E-state index in [1.54, 1.807) is 6.07 Å². The van der Waals surface area contributed by atoms with Gasteiger partial charge in [-0.15, -0.1) is 0 Å². The van der Waals surface area contributed by atoms with Gasteiger partial charge in [0.2, 0.25) is 0 Å². The summed E-state index contributed by atoms with van der Waals surface area (Å²) < 4.78 is 237. The Morgan fingerprint density at radius 2 is 0.974 bits per heavy atom. The monoisotopic (exact) mass is 1130 g/mol. The second kappa shape index (κ2) is 36.0. The van der Waals surface area contributed by atoms with Crippen molar-refractivity contribution in [3.63, 3.8) is 0 Å². The van der Waals surface area contributed by atoms with E-state index in [2.05, 4.69) is 4.74 Å². The van der Waals surface area contributed by atoms with Crippen LogP contribution in [-0.2, 0) is 52.3 Å². The number of aliphatic hydroxyl groups excluding tert-OH is 1. The first-order valence-electron chi connectivity index (χ1n) is 24.5. The van der Waals surface area contributed by atoms with Crippen LogP contribution in [-0.4, -0.2) is 158 Å². The Kier molecular flexibility index (Phi) is 33.0. The molecule has 0 saturated carbocycles. The van der Waals surface area contributed by atoms with Gasteiger partial charge in [0.1, 0.15) is 17.6 Å². The van der Waals surface area contributed by atoms with Crippen LogP contribution < -0.4 is 4.74 Å². The van der Waals surface area contributed by atoms with Gasteiger partial charge in [-0.3, -0.25) is 14.4 Å². The Labute approximate surface area is 431 Å². The molecule has 0 bridgehead atoms. The van der Waals surface area contributed by atoms with E-state index in [0.29, 0.717) is 85.1 Å². The van der Waals surface area contributed by atoms with Crippen molar-refractivity contribution in [3.05, 3.63) is 29.6 Å². The molecule has 0 amide bonds. The maximum atomic E-state index is 14.3. The van der Waals surface area contributed by atoms with Crippen LogP contribution in [0.4, 0.5) is 61.5 Å². The van der Waals surface area contributed by atoms with Crippen molar-refractivity contribution < 1.29 is 124 Å². The van der Waals surface area contributed by atoms with Crippen LogP contribution in [0, 0.1) is 29.0 Å². The van der Waals surface area contributed by atoms with Gasteiger partial charge >= 0.3 is 53.7 Å². The number of alkyl halides is 13. The number of ether oxygens (including phenoxy) is 9. The van der Waals surface area contributed by atoms with Crippen LogP contribution in [0.5, 0.6) is 5.75 Å². The van der Waals surface area contributed by atoms with E-state index in [-0.39, 0.29) is 89.3 Å². The second-order valence-corrected chi connectivity index (χ2v) is 16.9. The summed E-state index contributed by atoms with van der Waals surface area (Å²) >= 11 is 0. The number of benzene rings is 1. The van der Waals surface area contributed by atoms with E-state index in [1.165, 1.54) is 19.1 Å². The zero-order chi connectivity index (χ0) is 57.3. The zero-order valence-electron chi connectivity index (χ0n) is 42.0. The lowest BCUT2D eigenvalue weighted by molar-refractivity contribution is -0.440. The predicted molar refractivity (Wildman–Crippen MR) is 239 cm³/mol. The minimum atomic E-state index is -8.08. The third kappa shape index (κ3) is 24.2. The average molecular weight is 1130 g/mol. The van der Waals surface area contributed by atoms with Gasteiger partial charge in [-0.2, -0.15) is 62.3 Å². The van der Waals surface area contributed by atoms with Crippen molar-refractivity contribution in [3.8, 4) is 11.8 Å². The molecule has 0 aliphatic carbocycles. The van der Waals surface area contributed by atoms with Gasteiger partial charge in [-0.25, -0.2) is 4.39 Å². The maximum Gasteiger partial charge on any atom is 0.460 e. The lowest BCUT2D eigenvalue weighted by atomic mass is 9.91. The van der Waals surface area contributed by atoms with Crippen molar-refractivity contribution in [1.82, 2.24) is 0 Å². The van der Waals surface area contributed by atoms with Crippen LogP contribution >= 0.6 is 0 Å². The minimum absolute atomic E-state index is 0.0337. The predicted octanol–water partition coefficient (Wildman–Crippen LogP) is 10.2. The molecule has 0 aromatic heterocycles. The molecule has 14 nitrogen and oxygen atoms in total. The first kappa shape index (κ1) is 69.7. The molecule has 0 saturated heterocycles. The Morgan fingerprint density at radius 1 is 0.539 bits per heavy atom. The Hall–Kier alpha value is -4.30. The van der Waals surface area contributed by atoms with Crippen molar-refractivity contribution in [1.29, 1.82) is 5.26 Å². The number of nitriles is 1. The summed E-state index contributed by atoms with van der Waals surface area (Å²) in [6, 6.07) is 5.24. The molecule has 0 heterocycles. The molecule has 1 rings (SSSR count). The fraction of sp³-hybridized carbons (Fsp3) is 0.792. The molecule has 0 aliphatic heterocycles. The lowest BCUT2D eigenvalue weighted by Crippen LogP contribution is -2.70. The van der Waals surface area contributed by atoms with E-state index in [0.717, 1.165) is 18.9 Å². The molecule has 0 aliphatic rings. The Morgan fingerprint density at radius 3 is 1.45 bits per heavy atom. The molecule has 1 N–H and O–H groups in total. The highest BCUT2D eigenvalue weighted by Gasteiger charge is 2.90. The molecule has 28 heteroatoms. The van der Waals surface area contributed by atoms with Gasteiger partial charge in [0.15, 0.2) is 0 Å². The van der Waals surface area contributed by atoms with E-state index in [9.17, 15) is 75.8 Å². The number of hydrogen-bond donors (Lipinski definition) is 1. The van der Waals surface area contributed by atoms with Gasteiger partial charge in [0, 0.05) is 91.6 Å². The normalized spacial score (nSPS) is 13.5. The van der Waals surface area contributed by atoms with Crippen LogP contribution in [0.2, 0.25) is 0 Å². The Bertz CT molecular complexity index is 1840. The fourth-order valence-corrected chi connectivity index (χ4v) is 6.43. The molecule has 440 valence electrons. The first-order valence-corrected chi connectivity index (χ1v) is 24.5. The van der Waals surface area contributed by atoms with E-state index >= 15 is 0 Å². The van der Waals surface area contributed by atoms with Gasteiger partial charge in [-0.1, -0.05) is 6.92 Å². The number of halogens is 14. The highest BCUT2D eigenvalue weighted by atomic mass is 19.4. The quantitative estimate of drug-likeness (QED) is 0.0282. The molecular weight excluding hydrogens is 1060 g/mol. The van der Waals surface area contributed by atoms with E-state index in [1.807, 2.05) is 0 Å².